The van der Waals surface area contributed by atoms with E-state index in [9.17, 15) is 5.26 Å². The van der Waals surface area contributed by atoms with Crippen molar-refractivity contribution in [1.29, 1.82) is 5.26 Å². The molecule has 0 radical (unpaired) electrons. The molecule has 0 unspecified atom stereocenters. The van der Waals surface area contributed by atoms with Gasteiger partial charge < -0.3 is 4.42 Å². The molecule has 0 spiro atoms. The van der Waals surface area contributed by atoms with Crippen LogP contribution in [-0.4, -0.2) is 9.97 Å². The molecular weight excluding hydrogens is 386 g/mol. The summed E-state index contributed by atoms with van der Waals surface area (Å²) in [7, 11) is 0. The van der Waals surface area contributed by atoms with E-state index in [0.717, 1.165) is 16.3 Å². The molecule has 0 aliphatic rings. The van der Waals surface area contributed by atoms with Crippen LogP contribution in [0.4, 0.5) is 0 Å². The minimum absolute atomic E-state index is 0.478. The predicted octanol–water partition coefficient (Wildman–Crippen LogP) is 6.24. The molecule has 0 fully saturated rings. The third kappa shape index (κ3) is 3.46. The fraction of sp³-hybridized carbons (Fsp3) is 0. The van der Waals surface area contributed by atoms with Gasteiger partial charge in [-0.1, -0.05) is 23.7 Å². The van der Waals surface area contributed by atoms with Crippen LogP contribution in [0.3, 0.4) is 0 Å². The van der Waals surface area contributed by atoms with Crippen LogP contribution in [0.1, 0.15) is 10.7 Å². The van der Waals surface area contributed by atoms with Crippen LogP contribution in [0.5, 0.6) is 0 Å². The smallest absolute Gasteiger partial charge is 0.162 e. The number of nitriles is 1. The number of furan rings is 1. The SMILES string of the molecule is N#C/C(=C/c1csc(-c2ccco2)n1)c1nc(-c2ccc(Cl)cc2)cs1. The summed E-state index contributed by atoms with van der Waals surface area (Å²) in [5.41, 5.74) is 2.97. The van der Waals surface area contributed by atoms with E-state index >= 15 is 0 Å². The van der Waals surface area contributed by atoms with Gasteiger partial charge >= 0.3 is 0 Å². The summed E-state index contributed by atoms with van der Waals surface area (Å²) in [5.74, 6) is 0.715. The van der Waals surface area contributed by atoms with Gasteiger partial charge in [-0.15, -0.1) is 22.7 Å². The molecule has 0 aliphatic carbocycles. The second kappa shape index (κ2) is 7.26. The van der Waals surface area contributed by atoms with Crippen LogP contribution in [-0.2, 0) is 0 Å². The number of allylic oxidation sites excluding steroid dienone is 1. The highest BCUT2D eigenvalue weighted by Gasteiger charge is 2.11. The molecule has 0 bridgehead atoms. The van der Waals surface area contributed by atoms with Gasteiger partial charge in [-0.3, -0.25) is 0 Å². The van der Waals surface area contributed by atoms with Gasteiger partial charge in [0.25, 0.3) is 0 Å². The lowest BCUT2D eigenvalue weighted by atomic mass is 10.2. The van der Waals surface area contributed by atoms with E-state index in [1.54, 1.807) is 12.3 Å². The van der Waals surface area contributed by atoms with Crippen molar-refractivity contribution in [2.45, 2.75) is 0 Å². The Labute approximate surface area is 162 Å². The molecule has 26 heavy (non-hydrogen) atoms. The fourth-order valence-corrected chi connectivity index (χ4v) is 3.97. The maximum atomic E-state index is 9.54. The summed E-state index contributed by atoms with van der Waals surface area (Å²) in [6, 6.07) is 13.4. The predicted molar refractivity (Wildman–Crippen MR) is 106 cm³/mol. The summed E-state index contributed by atoms with van der Waals surface area (Å²) < 4.78 is 5.35. The van der Waals surface area contributed by atoms with Crippen LogP contribution >= 0.6 is 34.3 Å². The van der Waals surface area contributed by atoms with E-state index in [1.165, 1.54) is 22.7 Å². The van der Waals surface area contributed by atoms with Gasteiger partial charge in [0, 0.05) is 21.3 Å². The Bertz CT molecular complexity index is 1100. The topological polar surface area (TPSA) is 62.7 Å². The average molecular weight is 396 g/mol. The monoisotopic (exact) mass is 395 g/mol. The Hall–Kier alpha value is -2.72. The summed E-state index contributed by atoms with van der Waals surface area (Å²) >= 11 is 8.82. The van der Waals surface area contributed by atoms with E-state index in [4.69, 9.17) is 16.0 Å². The third-order valence-corrected chi connectivity index (χ3v) is 5.54. The summed E-state index contributed by atoms with van der Waals surface area (Å²) in [6.45, 7) is 0. The van der Waals surface area contributed by atoms with E-state index in [1.807, 2.05) is 47.2 Å². The van der Waals surface area contributed by atoms with Crippen molar-refractivity contribution in [2.75, 3.05) is 0 Å². The zero-order valence-electron chi connectivity index (χ0n) is 13.2. The summed E-state index contributed by atoms with van der Waals surface area (Å²) in [5, 5.41) is 15.5. The molecule has 0 saturated carbocycles. The first kappa shape index (κ1) is 16.7. The largest absolute Gasteiger partial charge is 0.462 e. The first-order valence-electron chi connectivity index (χ1n) is 7.56. The van der Waals surface area contributed by atoms with E-state index < -0.39 is 0 Å². The Morgan fingerprint density at radius 3 is 2.69 bits per heavy atom. The normalized spacial score (nSPS) is 11.5. The van der Waals surface area contributed by atoms with Crippen molar-refractivity contribution < 1.29 is 4.42 Å². The highest BCUT2D eigenvalue weighted by Crippen LogP contribution is 2.29. The van der Waals surface area contributed by atoms with Gasteiger partial charge in [-0.25, -0.2) is 9.97 Å². The van der Waals surface area contributed by atoms with Gasteiger partial charge in [-0.2, -0.15) is 5.26 Å². The third-order valence-electron chi connectivity index (χ3n) is 3.54. The van der Waals surface area contributed by atoms with Crippen molar-refractivity contribution in [2.24, 2.45) is 0 Å². The van der Waals surface area contributed by atoms with Gasteiger partial charge in [0.05, 0.1) is 23.2 Å². The van der Waals surface area contributed by atoms with Gasteiger partial charge in [0.1, 0.15) is 11.1 Å². The lowest BCUT2D eigenvalue weighted by Crippen LogP contribution is -1.83. The number of hydrogen-bond donors (Lipinski definition) is 0. The molecule has 0 atom stereocenters. The maximum Gasteiger partial charge on any atom is 0.162 e. The first-order valence-corrected chi connectivity index (χ1v) is 9.70. The zero-order chi connectivity index (χ0) is 17.9. The Balaban J connectivity index is 1.63. The van der Waals surface area contributed by atoms with Crippen LogP contribution in [0, 0.1) is 11.3 Å². The Morgan fingerprint density at radius 2 is 1.96 bits per heavy atom. The van der Waals surface area contributed by atoms with Crippen LogP contribution in [0.15, 0.2) is 57.8 Å². The quantitative estimate of drug-likeness (QED) is 0.383. The first-order chi connectivity index (χ1) is 12.7. The number of benzene rings is 1. The summed E-state index contributed by atoms with van der Waals surface area (Å²) in [6.07, 6.45) is 3.36. The van der Waals surface area contributed by atoms with Gasteiger partial charge in [0.15, 0.2) is 10.8 Å². The minimum Gasteiger partial charge on any atom is -0.462 e. The van der Waals surface area contributed by atoms with Gasteiger partial charge in [0.2, 0.25) is 0 Å². The molecule has 4 nitrogen and oxygen atoms in total. The zero-order valence-corrected chi connectivity index (χ0v) is 15.6. The Morgan fingerprint density at radius 1 is 1.12 bits per heavy atom. The maximum absolute atomic E-state index is 9.54. The van der Waals surface area contributed by atoms with E-state index in [0.29, 0.717) is 27.1 Å². The molecule has 1 aromatic carbocycles. The number of aromatic nitrogens is 2. The molecule has 4 rings (SSSR count). The standard InChI is InChI=1S/C19H10ClN3OS2/c20-14-5-3-12(4-6-14)16-11-26-18(23-16)13(9-21)8-15-10-25-19(22-15)17-2-1-7-24-17/h1-8,10-11H/b13-8-. The van der Waals surface area contributed by atoms with E-state index in [-0.39, 0.29) is 0 Å². The number of rotatable bonds is 4. The molecule has 126 valence electrons. The minimum atomic E-state index is 0.478. The number of hydrogen-bond acceptors (Lipinski definition) is 6. The van der Waals surface area contributed by atoms with Crippen LogP contribution < -0.4 is 0 Å². The molecule has 0 aliphatic heterocycles. The molecule has 0 saturated heterocycles. The van der Waals surface area contributed by atoms with Gasteiger partial charge in [-0.05, 0) is 30.3 Å². The number of nitrogens with zero attached hydrogens (tertiary/aromatic N) is 3. The van der Waals surface area contributed by atoms with Crippen molar-refractivity contribution in [3.63, 3.8) is 0 Å². The Kier molecular flexibility index (Phi) is 4.67. The molecule has 0 amide bonds. The molecule has 0 N–H and O–H groups in total. The summed E-state index contributed by atoms with van der Waals surface area (Å²) in [4.78, 5) is 9.08. The molecule has 7 heteroatoms. The lowest BCUT2D eigenvalue weighted by molar-refractivity contribution is 0.582. The molecule has 3 heterocycles. The molecule has 3 aromatic heterocycles. The second-order valence-electron chi connectivity index (χ2n) is 5.27. The van der Waals surface area contributed by atoms with Crippen molar-refractivity contribution in [3.8, 4) is 28.1 Å². The lowest BCUT2D eigenvalue weighted by Gasteiger charge is -1.96. The molecule has 4 aromatic rings. The van der Waals surface area contributed by atoms with Crippen molar-refractivity contribution in [3.05, 3.63) is 69.1 Å². The number of halogens is 1. The average Bonchev–Trinajstić information content (AvgIpc) is 3.40. The molecular formula is C19H10ClN3OS2. The van der Waals surface area contributed by atoms with E-state index in [2.05, 4.69) is 16.0 Å². The van der Waals surface area contributed by atoms with Crippen molar-refractivity contribution >= 4 is 45.9 Å². The van der Waals surface area contributed by atoms with Crippen LogP contribution in [0.25, 0.3) is 33.7 Å². The highest BCUT2D eigenvalue weighted by atomic mass is 35.5. The fourth-order valence-electron chi connectivity index (χ4n) is 2.31. The highest BCUT2D eigenvalue weighted by molar-refractivity contribution is 7.13. The second-order valence-corrected chi connectivity index (χ2v) is 7.42. The van der Waals surface area contributed by atoms with Crippen molar-refractivity contribution in [1.82, 2.24) is 9.97 Å². The van der Waals surface area contributed by atoms with Crippen LogP contribution in [0.2, 0.25) is 5.02 Å². The number of thiazole rings is 2.